The summed E-state index contributed by atoms with van der Waals surface area (Å²) in [5.74, 6) is 1.83. The molecule has 0 spiro atoms. The molecule has 0 radical (unpaired) electrons. The van der Waals surface area contributed by atoms with Gasteiger partial charge in [0.05, 0.1) is 0 Å². The molecule has 2 saturated carbocycles. The van der Waals surface area contributed by atoms with Crippen molar-refractivity contribution in [3.63, 3.8) is 0 Å². The quantitative estimate of drug-likeness (QED) is 0.782. The van der Waals surface area contributed by atoms with Gasteiger partial charge in [-0.1, -0.05) is 6.42 Å². The number of hydrogen-bond donors (Lipinski definition) is 2. The van der Waals surface area contributed by atoms with Crippen LogP contribution in [0.4, 0.5) is 4.39 Å². The predicted octanol–water partition coefficient (Wildman–Crippen LogP) is 4.06. The number of fused-ring (bicyclic) bond motifs is 2. The third kappa shape index (κ3) is 4.67. The summed E-state index contributed by atoms with van der Waals surface area (Å²) in [5, 5.41) is 3.18. The molecule has 5 nitrogen and oxygen atoms in total. The van der Waals surface area contributed by atoms with E-state index in [2.05, 4.69) is 5.32 Å². The maximum absolute atomic E-state index is 12.9. The highest BCUT2D eigenvalue weighted by atomic mass is 35.5. The Kier molecular flexibility index (Phi) is 6.62. The average Bonchev–Trinajstić information content (AvgIpc) is 3.11. The Morgan fingerprint density at radius 1 is 1.14 bits per heavy atom. The molecule has 2 aromatic rings. The predicted molar refractivity (Wildman–Crippen MR) is 106 cm³/mol. The maximum Gasteiger partial charge on any atom is 0.287 e. The number of rotatable bonds is 5. The van der Waals surface area contributed by atoms with Crippen LogP contribution in [0.15, 0.2) is 40.8 Å². The van der Waals surface area contributed by atoms with E-state index in [1.54, 1.807) is 24.3 Å². The van der Waals surface area contributed by atoms with Gasteiger partial charge in [0.25, 0.3) is 5.91 Å². The SMILES string of the molecule is Cl.NC1CC2CCCC(C1)C2NC(=O)c1ccc(COc2ccc(F)cc2)o1. The highest BCUT2D eigenvalue weighted by Gasteiger charge is 2.40. The van der Waals surface area contributed by atoms with Crippen molar-refractivity contribution in [2.45, 2.75) is 50.8 Å². The van der Waals surface area contributed by atoms with Crippen molar-refractivity contribution in [2.75, 3.05) is 0 Å². The molecule has 2 atom stereocenters. The largest absolute Gasteiger partial charge is 0.486 e. The van der Waals surface area contributed by atoms with Gasteiger partial charge in [-0.2, -0.15) is 0 Å². The van der Waals surface area contributed by atoms with Gasteiger partial charge in [-0.3, -0.25) is 4.79 Å². The summed E-state index contributed by atoms with van der Waals surface area (Å²) >= 11 is 0. The van der Waals surface area contributed by atoms with E-state index in [9.17, 15) is 9.18 Å². The van der Waals surface area contributed by atoms with Crippen LogP contribution in [0.1, 0.15) is 48.4 Å². The fourth-order valence-corrected chi connectivity index (χ4v) is 4.51. The lowest BCUT2D eigenvalue weighted by molar-refractivity contribution is 0.0729. The normalized spacial score (nSPS) is 26.2. The number of amides is 1. The van der Waals surface area contributed by atoms with Gasteiger partial charge >= 0.3 is 0 Å². The van der Waals surface area contributed by atoms with Gasteiger partial charge in [0.1, 0.15) is 23.9 Å². The zero-order valence-corrected chi connectivity index (χ0v) is 16.4. The number of nitrogens with two attached hydrogens (primary N) is 1. The Morgan fingerprint density at radius 3 is 2.50 bits per heavy atom. The van der Waals surface area contributed by atoms with Crippen LogP contribution in [0, 0.1) is 17.7 Å². The molecule has 2 unspecified atom stereocenters. The smallest absolute Gasteiger partial charge is 0.287 e. The number of carbonyl (C=O) groups excluding carboxylic acids is 1. The van der Waals surface area contributed by atoms with Gasteiger partial charge in [-0.25, -0.2) is 4.39 Å². The highest BCUT2D eigenvalue weighted by Crippen LogP contribution is 2.39. The fraction of sp³-hybridized carbons (Fsp3) is 0.476. The third-order valence-electron chi connectivity index (χ3n) is 5.75. The molecule has 1 amide bonds. The molecule has 2 aliphatic carbocycles. The molecule has 0 saturated heterocycles. The number of hydrogen-bond acceptors (Lipinski definition) is 4. The minimum atomic E-state index is -0.312. The molecule has 0 aliphatic heterocycles. The number of furan rings is 1. The first-order chi connectivity index (χ1) is 13.1. The number of carbonyl (C=O) groups is 1. The zero-order valence-electron chi connectivity index (χ0n) is 15.6. The van der Waals surface area contributed by atoms with Gasteiger partial charge < -0.3 is 20.2 Å². The molecule has 7 heteroatoms. The Bertz CT molecular complexity index is 781. The maximum atomic E-state index is 12.9. The summed E-state index contributed by atoms with van der Waals surface area (Å²) in [5.41, 5.74) is 6.16. The standard InChI is InChI=1S/C21H25FN2O3.ClH/c22-15-4-6-17(7-5-15)26-12-18-8-9-19(27-18)21(25)24-20-13-2-1-3-14(20)11-16(23)10-13;/h4-9,13-14,16,20H,1-3,10-12,23H2,(H,24,25);1H. The monoisotopic (exact) mass is 408 g/mol. The molecule has 3 N–H and O–H groups in total. The van der Waals surface area contributed by atoms with E-state index in [1.807, 2.05) is 0 Å². The summed E-state index contributed by atoms with van der Waals surface area (Å²) in [4.78, 5) is 12.6. The van der Waals surface area contributed by atoms with E-state index in [-0.39, 0.29) is 42.8 Å². The lowest BCUT2D eigenvalue weighted by Crippen LogP contribution is -2.53. The van der Waals surface area contributed by atoms with Crippen LogP contribution < -0.4 is 15.8 Å². The van der Waals surface area contributed by atoms with Crippen LogP contribution in [0.2, 0.25) is 0 Å². The lowest BCUT2D eigenvalue weighted by Gasteiger charge is -2.45. The molecular weight excluding hydrogens is 383 g/mol. The number of ether oxygens (including phenoxy) is 1. The first-order valence-electron chi connectivity index (χ1n) is 9.62. The van der Waals surface area contributed by atoms with E-state index in [1.165, 1.54) is 18.6 Å². The van der Waals surface area contributed by atoms with Crippen molar-refractivity contribution in [1.29, 1.82) is 0 Å². The summed E-state index contributed by atoms with van der Waals surface area (Å²) in [6, 6.07) is 9.63. The van der Waals surface area contributed by atoms with E-state index < -0.39 is 0 Å². The summed E-state index contributed by atoms with van der Waals surface area (Å²) in [6.45, 7) is 0.183. The zero-order chi connectivity index (χ0) is 18.8. The van der Waals surface area contributed by atoms with E-state index >= 15 is 0 Å². The first kappa shape index (κ1) is 20.7. The molecule has 1 heterocycles. The van der Waals surface area contributed by atoms with Crippen molar-refractivity contribution in [3.05, 3.63) is 53.7 Å². The molecular formula is C21H26ClFN2O3. The molecule has 28 heavy (non-hydrogen) atoms. The molecule has 2 bridgehead atoms. The Balaban J connectivity index is 0.00000225. The summed E-state index contributed by atoms with van der Waals surface area (Å²) in [7, 11) is 0. The van der Waals surface area contributed by atoms with Crippen molar-refractivity contribution in [3.8, 4) is 5.75 Å². The summed E-state index contributed by atoms with van der Waals surface area (Å²) < 4.78 is 24.1. The van der Waals surface area contributed by atoms with Crippen LogP contribution in [0.25, 0.3) is 0 Å². The molecule has 1 aromatic carbocycles. The van der Waals surface area contributed by atoms with Gasteiger partial charge in [0, 0.05) is 12.1 Å². The Morgan fingerprint density at radius 2 is 1.82 bits per heavy atom. The second kappa shape index (κ2) is 8.97. The van der Waals surface area contributed by atoms with Crippen molar-refractivity contribution in [1.82, 2.24) is 5.32 Å². The van der Waals surface area contributed by atoms with Crippen molar-refractivity contribution < 1.29 is 18.3 Å². The lowest BCUT2D eigenvalue weighted by atomic mass is 9.67. The van der Waals surface area contributed by atoms with Crippen LogP contribution in [-0.4, -0.2) is 18.0 Å². The topological polar surface area (TPSA) is 77.5 Å². The van der Waals surface area contributed by atoms with Crippen LogP contribution in [0.5, 0.6) is 5.75 Å². The van der Waals surface area contributed by atoms with E-state index in [0.29, 0.717) is 29.1 Å². The minimum Gasteiger partial charge on any atom is -0.486 e. The molecule has 2 fully saturated rings. The second-order valence-corrected chi connectivity index (χ2v) is 7.69. The number of nitrogens with one attached hydrogen (secondary N) is 1. The van der Waals surface area contributed by atoms with E-state index in [0.717, 1.165) is 25.7 Å². The molecule has 2 aliphatic rings. The molecule has 4 rings (SSSR count). The summed E-state index contributed by atoms with van der Waals surface area (Å²) in [6.07, 6.45) is 5.45. The number of halogens is 2. The Labute approximate surface area is 170 Å². The fourth-order valence-electron chi connectivity index (χ4n) is 4.51. The highest BCUT2D eigenvalue weighted by molar-refractivity contribution is 5.91. The van der Waals surface area contributed by atoms with Crippen LogP contribution in [0.3, 0.4) is 0 Å². The first-order valence-corrected chi connectivity index (χ1v) is 9.62. The van der Waals surface area contributed by atoms with Crippen LogP contribution in [-0.2, 0) is 6.61 Å². The van der Waals surface area contributed by atoms with E-state index in [4.69, 9.17) is 14.9 Å². The molecule has 1 aromatic heterocycles. The Hall–Kier alpha value is -2.05. The van der Waals surface area contributed by atoms with Crippen LogP contribution >= 0.6 is 12.4 Å². The van der Waals surface area contributed by atoms with Crippen molar-refractivity contribution >= 4 is 18.3 Å². The van der Waals surface area contributed by atoms with Gasteiger partial charge in [0.15, 0.2) is 5.76 Å². The third-order valence-corrected chi connectivity index (χ3v) is 5.75. The van der Waals surface area contributed by atoms with Crippen molar-refractivity contribution in [2.24, 2.45) is 17.6 Å². The van der Waals surface area contributed by atoms with Gasteiger partial charge in [-0.15, -0.1) is 12.4 Å². The second-order valence-electron chi connectivity index (χ2n) is 7.69. The minimum absolute atomic E-state index is 0. The van der Waals surface area contributed by atoms with Gasteiger partial charge in [-0.05, 0) is 73.9 Å². The average molecular weight is 409 g/mol. The number of benzene rings is 1. The molecule has 152 valence electrons. The van der Waals surface area contributed by atoms with Gasteiger partial charge in [0.2, 0.25) is 0 Å².